The van der Waals surface area contributed by atoms with E-state index in [1.165, 1.54) is 24.3 Å². The van der Waals surface area contributed by atoms with E-state index in [1.54, 1.807) is 19.2 Å². The van der Waals surface area contributed by atoms with Crippen LogP contribution in [0.3, 0.4) is 0 Å². The number of nitrogens with one attached hydrogen (secondary N) is 2. The molecule has 0 saturated carbocycles. The lowest BCUT2D eigenvalue weighted by molar-refractivity contribution is -0.384. The molecule has 2 rings (SSSR count). The van der Waals surface area contributed by atoms with E-state index in [0.29, 0.717) is 12.1 Å². The highest BCUT2D eigenvalue weighted by Gasteiger charge is 2.05. The number of nitro benzene ring substituents is 1. The average molecular weight is 371 g/mol. The molecule has 0 radical (unpaired) electrons. The van der Waals surface area contributed by atoms with E-state index in [0.717, 1.165) is 11.3 Å². The quantitative estimate of drug-likeness (QED) is 0.351. The molecule has 134 valence electrons. The van der Waals surface area contributed by atoms with Gasteiger partial charge in [0.25, 0.3) is 5.69 Å². The first kappa shape index (κ1) is 19.1. The van der Waals surface area contributed by atoms with Gasteiger partial charge in [0.1, 0.15) is 5.75 Å². The number of thiocarbonyl (C=S) groups is 1. The summed E-state index contributed by atoms with van der Waals surface area (Å²) in [5.41, 5.74) is 1.49. The second kappa shape index (κ2) is 9.28. The molecule has 0 heterocycles. The molecule has 0 aromatic heterocycles. The van der Waals surface area contributed by atoms with Crippen molar-refractivity contribution in [3.8, 4) is 5.75 Å². The molecule has 0 atom stereocenters. The lowest BCUT2D eigenvalue weighted by Gasteiger charge is -2.08. The van der Waals surface area contributed by atoms with E-state index in [-0.39, 0.29) is 10.8 Å². The van der Waals surface area contributed by atoms with Gasteiger partial charge in [-0.25, -0.2) is 0 Å². The van der Waals surface area contributed by atoms with Crippen LogP contribution in [0.1, 0.15) is 11.1 Å². The summed E-state index contributed by atoms with van der Waals surface area (Å²) in [6.45, 7) is 0.456. The molecule has 1 amide bonds. The summed E-state index contributed by atoms with van der Waals surface area (Å²) in [7, 11) is 1.60. The Morgan fingerprint density at radius 3 is 2.65 bits per heavy atom. The zero-order valence-corrected chi connectivity index (χ0v) is 14.8. The lowest BCUT2D eigenvalue weighted by atomic mass is 10.2. The third-order valence-corrected chi connectivity index (χ3v) is 3.60. The van der Waals surface area contributed by atoms with Crippen molar-refractivity contribution in [3.63, 3.8) is 0 Å². The number of carbonyl (C=O) groups is 1. The standard InChI is InChI=1S/C18H17N3O4S/c1-25-16-8-5-14(6-9-16)12-19-18(26)20-17(22)10-7-13-3-2-4-15(11-13)21(23)24/h2-11H,12H2,1H3,(H2,19,20,22,26)/b10-7+. The first-order valence-corrected chi connectivity index (χ1v) is 8.03. The van der Waals surface area contributed by atoms with Crippen molar-refractivity contribution < 1.29 is 14.5 Å². The van der Waals surface area contributed by atoms with Gasteiger partial charge in [0.05, 0.1) is 12.0 Å². The Morgan fingerprint density at radius 1 is 1.27 bits per heavy atom. The molecule has 0 saturated heterocycles. The van der Waals surface area contributed by atoms with Crippen molar-refractivity contribution in [3.05, 3.63) is 75.8 Å². The zero-order valence-electron chi connectivity index (χ0n) is 14.0. The van der Waals surface area contributed by atoms with Gasteiger partial charge in [0.2, 0.25) is 5.91 Å². The van der Waals surface area contributed by atoms with Crippen molar-refractivity contribution in [2.75, 3.05) is 7.11 Å². The normalized spacial score (nSPS) is 10.3. The Balaban J connectivity index is 1.83. The van der Waals surface area contributed by atoms with Gasteiger partial charge in [0.15, 0.2) is 5.11 Å². The van der Waals surface area contributed by atoms with Crippen molar-refractivity contribution in [2.45, 2.75) is 6.54 Å². The van der Waals surface area contributed by atoms with Crippen molar-refractivity contribution in [1.82, 2.24) is 10.6 Å². The van der Waals surface area contributed by atoms with Crippen molar-refractivity contribution in [2.24, 2.45) is 0 Å². The van der Waals surface area contributed by atoms with Crippen LogP contribution in [0.15, 0.2) is 54.6 Å². The van der Waals surface area contributed by atoms with Gasteiger partial charge < -0.3 is 10.1 Å². The van der Waals surface area contributed by atoms with Crippen LogP contribution in [-0.2, 0) is 11.3 Å². The van der Waals surface area contributed by atoms with Gasteiger partial charge >= 0.3 is 0 Å². The lowest BCUT2D eigenvalue weighted by Crippen LogP contribution is -2.37. The highest BCUT2D eigenvalue weighted by atomic mass is 32.1. The number of rotatable bonds is 6. The van der Waals surface area contributed by atoms with Crippen LogP contribution in [0.4, 0.5) is 5.69 Å². The number of nitro groups is 1. The van der Waals surface area contributed by atoms with Crippen LogP contribution in [0.2, 0.25) is 0 Å². The van der Waals surface area contributed by atoms with Crippen LogP contribution in [0, 0.1) is 10.1 Å². The SMILES string of the molecule is COc1ccc(CNC(=S)NC(=O)/C=C/c2cccc([N+](=O)[O-])c2)cc1. The molecular weight excluding hydrogens is 354 g/mol. The van der Waals surface area contributed by atoms with E-state index in [2.05, 4.69) is 10.6 Å². The molecule has 2 N–H and O–H groups in total. The Hall–Kier alpha value is -3.26. The third kappa shape index (κ3) is 5.99. The molecule has 0 bridgehead atoms. The molecule has 7 nitrogen and oxygen atoms in total. The van der Waals surface area contributed by atoms with E-state index in [4.69, 9.17) is 17.0 Å². The molecule has 0 aliphatic carbocycles. The second-order valence-corrected chi connectivity index (χ2v) is 5.61. The Bertz CT molecular complexity index is 835. The van der Waals surface area contributed by atoms with Gasteiger partial charge in [0, 0.05) is 24.8 Å². The highest BCUT2D eigenvalue weighted by Crippen LogP contribution is 2.14. The van der Waals surface area contributed by atoms with Crippen LogP contribution >= 0.6 is 12.2 Å². The summed E-state index contributed by atoms with van der Waals surface area (Å²) in [6, 6.07) is 13.4. The van der Waals surface area contributed by atoms with Crippen LogP contribution < -0.4 is 15.4 Å². The Labute approximate surface area is 155 Å². The summed E-state index contributed by atoms with van der Waals surface area (Å²) >= 11 is 5.07. The second-order valence-electron chi connectivity index (χ2n) is 5.21. The first-order chi connectivity index (χ1) is 12.5. The topological polar surface area (TPSA) is 93.5 Å². The monoisotopic (exact) mass is 371 g/mol. The highest BCUT2D eigenvalue weighted by molar-refractivity contribution is 7.80. The molecule has 0 unspecified atom stereocenters. The van der Waals surface area contributed by atoms with E-state index in [1.807, 2.05) is 24.3 Å². The summed E-state index contributed by atoms with van der Waals surface area (Å²) in [5, 5.41) is 16.4. The number of methoxy groups -OCH3 is 1. The number of benzene rings is 2. The Kier molecular flexibility index (Phi) is 6.81. The number of non-ortho nitro benzene ring substituents is 1. The van der Waals surface area contributed by atoms with Gasteiger partial charge in [-0.05, 0) is 41.6 Å². The maximum atomic E-state index is 11.9. The largest absolute Gasteiger partial charge is 0.497 e. The maximum absolute atomic E-state index is 11.9. The number of carbonyl (C=O) groups excluding carboxylic acids is 1. The first-order valence-electron chi connectivity index (χ1n) is 7.62. The van der Waals surface area contributed by atoms with E-state index < -0.39 is 10.8 Å². The fourth-order valence-electron chi connectivity index (χ4n) is 2.04. The molecule has 2 aromatic carbocycles. The van der Waals surface area contributed by atoms with Crippen LogP contribution in [-0.4, -0.2) is 23.1 Å². The molecule has 0 spiro atoms. The summed E-state index contributed by atoms with van der Waals surface area (Å²) in [4.78, 5) is 22.1. The van der Waals surface area contributed by atoms with E-state index in [9.17, 15) is 14.9 Å². The molecule has 8 heteroatoms. The van der Waals surface area contributed by atoms with Gasteiger partial charge in [-0.1, -0.05) is 24.3 Å². The third-order valence-electron chi connectivity index (χ3n) is 3.36. The molecular formula is C18H17N3O4S. The number of hydrogen-bond acceptors (Lipinski definition) is 5. The summed E-state index contributed by atoms with van der Waals surface area (Å²) in [5.74, 6) is 0.333. The van der Waals surface area contributed by atoms with Crippen molar-refractivity contribution >= 4 is 35.0 Å². The predicted octanol–water partition coefficient (Wildman–Crippen LogP) is 2.81. The number of hydrogen-bond donors (Lipinski definition) is 2. The zero-order chi connectivity index (χ0) is 18.9. The predicted molar refractivity (Wildman–Crippen MR) is 103 cm³/mol. The molecule has 0 aliphatic rings. The number of amides is 1. The fraction of sp³-hybridized carbons (Fsp3) is 0.111. The maximum Gasteiger partial charge on any atom is 0.270 e. The van der Waals surface area contributed by atoms with Gasteiger partial charge in [-0.2, -0.15) is 0 Å². The minimum absolute atomic E-state index is 0.0377. The molecule has 2 aromatic rings. The number of ether oxygens (including phenoxy) is 1. The van der Waals surface area contributed by atoms with Gasteiger partial charge in [-0.15, -0.1) is 0 Å². The van der Waals surface area contributed by atoms with Crippen LogP contribution in [0.25, 0.3) is 6.08 Å². The fourth-order valence-corrected chi connectivity index (χ4v) is 2.21. The minimum Gasteiger partial charge on any atom is -0.497 e. The molecule has 0 aliphatic heterocycles. The smallest absolute Gasteiger partial charge is 0.270 e. The van der Waals surface area contributed by atoms with Crippen LogP contribution in [0.5, 0.6) is 5.75 Å². The summed E-state index contributed by atoms with van der Waals surface area (Å²) in [6.07, 6.45) is 2.74. The van der Waals surface area contributed by atoms with Crippen molar-refractivity contribution in [1.29, 1.82) is 0 Å². The van der Waals surface area contributed by atoms with Gasteiger partial charge in [-0.3, -0.25) is 20.2 Å². The Morgan fingerprint density at radius 2 is 2.00 bits per heavy atom. The average Bonchev–Trinajstić information content (AvgIpc) is 2.65. The van der Waals surface area contributed by atoms with E-state index >= 15 is 0 Å². The minimum atomic E-state index is -0.490. The molecule has 26 heavy (non-hydrogen) atoms. The molecule has 0 fully saturated rings. The number of nitrogens with zero attached hydrogens (tertiary/aromatic N) is 1. The summed E-state index contributed by atoms with van der Waals surface area (Å²) < 4.78 is 5.08.